The second-order valence-corrected chi connectivity index (χ2v) is 13.0. The standard InChI is InChI=1S/C36H37N9O9S/c1-4-20-29(53-17-40-20)34(50)43-36-45(27-23(51-3)14-19(31(38)48)16-25(27)55-36)10-7-6-9-44-26-22(13-18(30(37)47)15-24(26)52-12-8-11-46)41-33(44)35-42-21(5-2)28(54-35)32(39)49/h6-7,13-17,46H,4-5,8-12H2,1-3H3,(H2,37,47)(H2,38,48)(H2,39,49)/b7-6+,43-36-. The Bertz CT molecular complexity index is 2560. The Morgan fingerprint density at radius 1 is 0.891 bits per heavy atom. The Hall–Kier alpha value is -6.60. The van der Waals surface area contributed by atoms with Crippen molar-refractivity contribution in [3.63, 3.8) is 0 Å². The number of imidazole rings is 1. The van der Waals surface area contributed by atoms with Crippen LogP contribution in [0.2, 0.25) is 0 Å². The minimum Gasteiger partial charge on any atom is -0.494 e. The molecule has 0 aliphatic rings. The quantitative estimate of drug-likeness (QED) is 0.0817. The number of aryl methyl sites for hydroxylation is 2. The molecule has 4 aromatic heterocycles. The van der Waals surface area contributed by atoms with Crippen LogP contribution in [0.25, 0.3) is 33.0 Å². The molecule has 4 amide bonds. The smallest absolute Gasteiger partial charge is 0.317 e. The summed E-state index contributed by atoms with van der Waals surface area (Å²) in [5.41, 5.74) is 19.3. The Morgan fingerprint density at radius 3 is 2.22 bits per heavy atom. The zero-order chi connectivity index (χ0) is 39.4. The number of primary amides is 3. The maximum Gasteiger partial charge on any atom is 0.317 e. The first kappa shape index (κ1) is 38.1. The van der Waals surface area contributed by atoms with Crippen molar-refractivity contribution in [1.29, 1.82) is 0 Å². The lowest BCUT2D eigenvalue weighted by Crippen LogP contribution is -2.17. The van der Waals surface area contributed by atoms with Gasteiger partial charge < -0.3 is 49.7 Å². The fourth-order valence-corrected chi connectivity index (χ4v) is 6.96. The summed E-state index contributed by atoms with van der Waals surface area (Å²) in [7, 11) is 1.45. The Balaban J connectivity index is 1.48. The lowest BCUT2D eigenvalue weighted by Gasteiger charge is -2.12. The Labute approximate surface area is 315 Å². The van der Waals surface area contributed by atoms with Crippen molar-refractivity contribution < 1.29 is 42.6 Å². The fourth-order valence-electron chi connectivity index (χ4n) is 5.87. The van der Waals surface area contributed by atoms with Crippen LogP contribution in [0.5, 0.6) is 11.5 Å². The number of oxazole rings is 2. The number of benzene rings is 2. The molecule has 0 aliphatic carbocycles. The highest BCUT2D eigenvalue weighted by Crippen LogP contribution is 2.34. The van der Waals surface area contributed by atoms with Gasteiger partial charge in [-0.1, -0.05) is 37.3 Å². The van der Waals surface area contributed by atoms with Crippen molar-refractivity contribution in [1.82, 2.24) is 24.1 Å². The molecule has 0 radical (unpaired) electrons. The van der Waals surface area contributed by atoms with Crippen LogP contribution in [0.4, 0.5) is 0 Å². The van der Waals surface area contributed by atoms with Crippen LogP contribution in [0.15, 0.2) is 56.6 Å². The predicted octanol–water partition coefficient (Wildman–Crippen LogP) is 2.88. The number of amides is 4. The predicted molar refractivity (Wildman–Crippen MR) is 199 cm³/mol. The van der Waals surface area contributed by atoms with Gasteiger partial charge in [0.25, 0.3) is 11.8 Å². The van der Waals surface area contributed by atoms with E-state index in [1.165, 1.54) is 31.7 Å². The average molecular weight is 772 g/mol. The molecule has 18 nitrogen and oxygen atoms in total. The molecule has 0 aliphatic heterocycles. The van der Waals surface area contributed by atoms with Gasteiger partial charge in [0, 0.05) is 37.2 Å². The lowest BCUT2D eigenvalue weighted by molar-refractivity contribution is 0.0964. The van der Waals surface area contributed by atoms with E-state index in [2.05, 4.69) is 15.0 Å². The summed E-state index contributed by atoms with van der Waals surface area (Å²) >= 11 is 1.15. The highest BCUT2D eigenvalue weighted by molar-refractivity contribution is 7.16. The summed E-state index contributed by atoms with van der Waals surface area (Å²) in [5, 5.41) is 9.40. The molecule has 55 heavy (non-hydrogen) atoms. The Kier molecular flexibility index (Phi) is 11.2. The number of aromatic nitrogens is 5. The third-order valence-corrected chi connectivity index (χ3v) is 9.48. The number of methoxy groups -OCH3 is 1. The largest absolute Gasteiger partial charge is 0.494 e. The molecule has 0 saturated carbocycles. The van der Waals surface area contributed by atoms with Gasteiger partial charge >= 0.3 is 5.91 Å². The van der Waals surface area contributed by atoms with Crippen LogP contribution in [-0.2, 0) is 25.9 Å². The van der Waals surface area contributed by atoms with Crippen molar-refractivity contribution in [3.8, 4) is 23.2 Å². The molecule has 19 heteroatoms. The molecule has 4 heterocycles. The van der Waals surface area contributed by atoms with Crippen LogP contribution in [0.3, 0.4) is 0 Å². The molecule has 0 spiro atoms. The van der Waals surface area contributed by atoms with Gasteiger partial charge in [-0.2, -0.15) is 4.99 Å². The van der Waals surface area contributed by atoms with Gasteiger partial charge in [0.15, 0.2) is 17.0 Å². The van der Waals surface area contributed by atoms with Crippen LogP contribution in [0.1, 0.15) is 73.5 Å². The van der Waals surface area contributed by atoms with E-state index in [9.17, 15) is 24.3 Å². The molecule has 0 bridgehead atoms. The maximum absolute atomic E-state index is 13.3. The van der Waals surface area contributed by atoms with E-state index in [4.69, 9.17) is 40.5 Å². The number of aliphatic hydroxyl groups excluding tert-OH is 1. The van der Waals surface area contributed by atoms with Gasteiger partial charge in [-0.05, 0) is 37.1 Å². The van der Waals surface area contributed by atoms with Gasteiger partial charge in [0.05, 0.1) is 35.3 Å². The summed E-state index contributed by atoms with van der Waals surface area (Å²) < 4.78 is 26.9. The molecule has 0 unspecified atom stereocenters. The number of hydrogen-bond donors (Lipinski definition) is 4. The number of ether oxygens (including phenoxy) is 2. The van der Waals surface area contributed by atoms with Crippen molar-refractivity contribution in [3.05, 3.63) is 81.6 Å². The van der Waals surface area contributed by atoms with Crippen LogP contribution >= 0.6 is 11.3 Å². The maximum atomic E-state index is 13.3. The zero-order valence-corrected chi connectivity index (χ0v) is 30.8. The van der Waals surface area contributed by atoms with E-state index in [1.54, 1.807) is 28.2 Å². The molecular formula is C36H37N9O9S. The number of aliphatic hydroxyl groups is 1. The normalized spacial score (nSPS) is 12.0. The van der Waals surface area contributed by atoms with E-state index in [-0.39, 0.29) is 71.2 Å². The summed E-state index contributed by atoms with van der Waals surface area (Å²) in [6, 6.07) is 6.10. The summed E-state index contributed by atoms with van der Waals surface area (Å²) in [4.78, 5) is 68.0. The topological polar surface area (TPSA) is 272 Å². The average Bonchev–Trinajstić information content (AvgIpc) is 3.96. The molecule has 286 valence electrons. The molecule has 0 fully saturated rings. The number of thiazole rings is 1. The number of allylic oxidation sites excluding steroid dienone is 2. The molecule has 2 aromatic carbocycles. The van der Waals surface area contributed by atoms with Crippen molar-refractivity contribution in [2.24, 2.45) is 22.2 Å². The van der Waals surface area contributed by atoms with Crippen molar-refractivity contribution in [2.45, 2.75) is 46.2 Å². The molecule has 7 N–H and O–H groups in total. The first-order valence-electron chi connectivity index (χ1n) is 17.0. The van der Waals surface area contributed by atoms with Crippen LogP contribution in [0, 0.1) is 0 Å². The van der Waals surface area contributed by atoms with E-state index < -0.39 is 23.6 Å². The zero-order valence-electron chi connectivity index (χ0n) is 30.0. The number of carbonyl (C=O) groups excluding carboxylic acids is 4. The van der Waals surface area contributed by atoms with Gasteiger partial charge in [-0.15, -0.1) is 0 Å². The van der Waals surface area contributed by atoms with Crippen LogP contribution < -0.4 is 31.5 Å². The third-order valence-electron chi connectivity index (χ3n) is 8.46. The third kappa shape index (κ3) is 7.60. The second kappa shape index (κ2) is 16.2. The minimum atomic E-state index is -0.797. The van der Waals surface area contributed by atoms with Gasteiger partial charge in [-0.25, -0.2) is 15.0 Å². The highest BCUT2D eigenvalue weighted by Gasteiger charge is 2.25. The number of nitrogens with zero attached hydrogens (tertiary/aromatic N) is 6. The second-order valence-electron chi connectivity index (χ2n) is 11.9. The van der Waals surface area contributed by atoms with E-state index >= 15 is 0 Å². The molecule has 6 aromatic rings. The molecule has 0 saturated heterocycles. The molecular weight excluding hydrogens is 735 g/mol. The number of nitrogens with two attached hydrogens (primary N) is 3. The van der Waals surface area contributed by atoms with Gasteiger partial charge in [-0.3, -0.25) is 19.2 Å². The first-order valence-corrected chi connectivity index (χ1v) is 17.9. The summed E-state index contributed by atoms with van der Waals surface area (Å²) in [5.74, 6) is -2.11. The number of rotatable bonds is 16. The lowest BCUT2D eigenvalue weighted by atomic mass is 10.1. The Morgan fingerprint density at radius 2 is 1.58 bits per heavy atom. The van der Waals surface area contributed by atoms with E-state index in [0.717, 1.165) is 11.3 Å². The molecule has 6 rings (SSSR count). The highest BCUT2D eigenvalue weighted by atomic mass is 32.1. The van der Waals surface area contributed by atoms with Crippen molar-refractivity contribution >= 4 is 56.2 Å². The molecule has 0 atom stereocenters. The first-order chi connectivity index (χ1) is 26.5. The van der Waals surface area contributed by atoms with Gasteiger partial charge in [0.1, 0.15) is 22.5 Å². The minimum absolute atomic E-state index is 0.00356. The summed E-state index contributed by atoms with van der Waals surface area (Å²) in [6.45, 7) is 3.92. The number of fused-ring (bicyclic) bond motifs is 2. The number of hydrogen-bond acceptors (Lipinski definition) is 13. The summed E-state index contributed by atoms with van der Waals surface area (Å²) in [6.07, 6.45) is 5.93. The van der Waals surface area contributed by atoms with Gasteiger partial charge in [0.2, 0.25) is 23.3 Å². The fraction of sp³-hybridized carbons (Fsp3) is 0.278. The van der Waals surface area contributed by atoms with Crippen molar-refractivity contribution in [2.75, 3.05) is 20.3 Å². The van der Waals surface area contributed by atoms with Crippen LogP contribution in [-0.4, -0.2) is 73.1 Å². The monoisotopic (exact) mass is 771 g/mol. The van der Waals surface area contributed by atoms with E-state index in [1.807, 2.05) is 13.0 Å². The van der Waals surface area contributed by atoms with E-state index in [0.29, 0.717) is 57.6 Å². The SMILES string of the molecule is CCc1nc(-c2nc3cc(C(N)=O)cc(OCCCO)c3n2C/C=C/Cn2/c(=N/C(=O)c3ocnc3CC)sc3cc(C(N)=O)cc(OC)c32)oc1C(N)=O. The number of carbonyl (C=O) groups is 4.